The molecule has 2 aromatic rings. The Hall–Kier alpha value is -3.28. The monoisotopic (exact) mass is 420 g/mol. The van der Waals surface area contributed by atoms with Gasteiger partial charge in [0.05, 0.1) is 25.0 Å². The molecule has 0 bridgehead atoms. The van der Waals surface area contributed by atoms with Crippen LogP contribution >= 0.6 is 0 Å². The molecule has 0 N–H and O–H groups in total. The van der Waals surface area contributed by atoms with Gasteiger partial charge in [-0.25, -0.2) is 4.90 Å². The van der Waals surface area contributed by atoms with Crippen LogP contribution in [0.5, 0.6) is 11.5 Å². The van der Waals surface area contributed by atoms with Crippen molar-refractivity contribution in [3.63, 3.8) is 0 Å². The van der Waals surface area contributed by atoms with Crippen LogP contribution in [0.2, 0.25) is 0 Å². The Morgan fingerprint density at radius 1 is 0.903 bits per heavy atom. The molecule has 6 heteroatoms. The van der Waals surface area contributed by atoms with Crippen LogP contribution in [0.3, 0.4) is 0 Å². The number of amides is 2. The molecule has 2 heterocycles. The number of benzene rings is 2. The Balaban J connectivity index is 1.79. The highest BCUT2D eigenvalue weighted by Crippen LogP contribution is 2.39. The number of hydrogen-bond acceptors (Lipinski definition) is 5. The summed E-state index contributed by atoms with van der Waals surface area (Å²) < 4.78 is 11.1. The Morgan fingerprint density at radius 3 is 2.29 bits per heavy atom. The Bertz CT molecular complexity index is 991. The average Bonchev–Trinajstić information content (AvgIpc) is 3.08. The van der Waals surface area contributed by atoms with Crippen molar-refractivity contribution in [2.75, 3.05) is 31.7 Å². The maximum atomic E-state index is 13.7. The van der Waals surface area contributed by atoms with Crippen LogP contribution < -0.4 is 14.4 Å². The minimum Gasteiger partial charge on any atom is -0.497 e. The van der Waals surface area contributed by atoms with Gasteiger partial charge < -0.3 is 14.4 Å². The summed E-state index contributed by atoms with van der Waals surface area (Å²) >= 11 is 0. The molecule has 2 aliphatic rings. The number of methoxy groups -OCH3 is 1. The van der Waals surface area contributed by atoms with Gasteiger partial charge in [0, 0.05) is 13.1 Å². The number of piperidine rings is 1. The molecule has 0 unspecified atom stereocenters. The van der Waals surface area contributed by atoms with Crippen molar-refractivity contribution in [3.8, 4) is 11.5 Å². The summed E-state index contributed by atoms with van der Waals surface area (Å²) in [5, 5.41) is 0. The van der Waals surface area contributed by atoms with Crippen LogP contribution in [-0.2, 0) is 9.59 Å². The van der Waals surface area contributed by atoms with E-state index in [4.69, 9.17) is 9.47 Å². The van der Waals surface area contributed by atoms with Crippen LogP contribution in [0.1, 0.15) is 38.2 Å². The summed E-state index contributed by atoms with van der Waals surface area (Å²) in [6.07, 6.45) is 4.00. The second-order valence-electron chi connectivity index (χ2n) is 7.76. The number of carbonyl (C=O) groups excluding carboxylic acids is 2. The van der Waals surface area contributed by atoms with Crippen LogP contribution in [0, 0.1) is 0 Å². The van der Waals surface area contributed by atoms with E-state index in [2.05, 4.69) is 4.90 Å². The first-order chi connectivity index (χ1) is 15.2. The molecular weight excluding hydrogens is 392 g/mol. The molecule has 162 valence electrons. The van der Waals surface area contributed by atoms with E-state index < -0.39 is 0 Å². The minimum absolute atomic E-state index is 0.287. The highest BCUT2D eigenvalue weighted by Gasteiger charge is 2.43. The average molecular weight is 421 g/mol. The number of para-hydroxylation sites is 2. The first kappa shape index (κ1) is 21.0. The fourth-order valence-electron chi connectivity index (χ4n) is 4.14. The second kappa shape index (κ2) is 9.25. The van der Waals surface area contributed by atoms with Crippen molar-refractivity contribution in [1.82, 2.24) is 4.90 Å². The number of rotatable bonds is 7. The summed E-state index contributed by atoms with van der Waals surface area (Å²) in [5.74, 6) is 0.643. The van der Waals surface area contributed by atoms with Crippen molar-refractivity contribution in [2.45, 2.75) is 32.6 Å². The van der Waals surface area contributed by atoms with Gasteiger partial charge in [0.1, 0.15) is 17.2 Å². The summed E-state index contributed by atoms with van der Waals surface area (Å²) in [5.41, 5.74) is 2.14. The molecule has 0 spiro atoms. The predicted molar refractivity (Wildman–Crippen MR) is 120 cm³/mol. The number of ether oxygens (including phenoxy) is 2. The van der Waals surface area contributed by atoms with Crippen LogP contribution in [0.15, 0.2) is 54.2 Å². The van der Waals surface area contributed by atoms with E-state index in [1.54, 1.807) is 19.2 Å². The Labute approximate surface area is 183 Å². The first-order valence-electron chi connectivity index (χ1n) is 10.9. The van der Waals surface area contributed by atoms with E-state index in [0.29, 0.717) is 40.6 Å². The molecule has 31 heavy (non-hydrogen) atoms. The number of anilines is 1. The molecule has 2 aromatic carbocycles. The standard InChI is InChI=1S/C25H28N2O4/c1-3-17-31-21-10-6-5-9-20(21)27-24(28)22(18-11-13-19(30-2)14-12-18)23(25(27)29)26-15-7-4-8-16-26/h5-6,9-14H,3-4,7-8,15-17H2,1-2H3. The highest BCUT2D eigenvalue weighted by molar-refractivity contribution is 6.45. The zero-order chi connectivity index (χ0) is 21.8. The van der Waals surface area contributed by atoms with Gasteiger partial charge in [-0.15, -0.1) is 0 Å². The fourth-order valence-corrected chi connectivity index (χ4v) is 4.14. The molecule has 0 atom stereocenters. The summed E-state index contributed by atoms with van der Waals surface area (Å²) in [6.45, 7) is 4.09. The van der Waals surface area contributed by atoms with Crippen molar-refractivity contribution in [2.24, 2.45) is 0 Å². The summed E-state index contributed by atoms with van der Waals surface area (Å²) in [7, 11) is 1.60. The number of nitrogens with zero attached hydrogens (tertiary/aromatic N) is 2. The lowest BCUT2D eigenvalue weighted by atomic mass is 10.0. The third kappa shape index (κ3) is 4.02. The van der Waals surface area contributed by atoms with Crippen LogP contribution in [-0.4, -0.2) is 43.5 Å². The predicted octanol–water partition coefficient (Wildman–Crippen LogP) is 4.25. The summed E-state index contributed by atoms with van der Waals surface area (Å²) in [4.78, 5) is 30.7. The quantitative estimate of drug-likeness (QED) is 0.627. The third-order valence-electron chi connectivity index (χ3n) is 5.68. The van der Waals surface area contributed by atoms with Crippen molar-refractivity contribution >= 4 is 23.1 Å². The largest absolute Gasteiger partial charge is 0.497 e. The van der Waals surface area contributed by atoms with Crippen molar-refractivity contribution in [1.29, 1.82) is 0 Å². The number of carbonyl (C=O) groups is 2. The molecule has 1 saturated heterocycles. The SMILES string of the molecule is CCCOc1ccccc1N1C(=O)C(c2ccc(OC)cc2)=C(N2CCCCC2)C1=O. The van der Waals surface area contributed by atoms with E-state index >= 15 is 0 Å². The number of hydrogen-bond donors (Lipinski definition) is 0. The zero-order valence-electron chi connectivity index (χ0n) is 18.1. The van der Waals surface area contributed by atoms with Crippen LogP contribution in [0.25, 0.3) is 5.57 Å². The normalized spacial score (nSPS) is 16.8. The lowest BCUT2D eigenvalue weighted by molar-refractivity contribution is -0.120. The molecule has 6 nitrogen and oxygen atoms in total. The summed E-state index contributed by atoms with van der Waals surface area (Å²) in [6, 6.07) is 14.6. The van der Waals surface area contributed by atoms with E-state index in [9.17, 15) is 9.59 Å². The lowest BCUT2D eigenvalue weighted by Gasteiger charge is -2.29. The van der Waals surface area contributed by atoms with E-state index in [1.165, 1.54) is 4.90 Å². The van der Waals surface area contributed by atoms with Gasteiger partial charge >= 0.3 is 0 Å². The molecule has 2 amide bonds. The number of imide groups is 1. The zero-order valence-corrected chi connectivity index (χ0v) is 18.1. The molecule has 1 fully saturated rings. The van der Waals surface area contributed by atoms with Crippen LogP contribution in [0.4, 0.5) is 5.69 Å². The maximum Gasteiger partial charge on any atom is 0.282 e. The van der Waals surface area contributed by atoms with Gasteiger partial charge in [-0.2, -0.15) is 0 Å². The van der Waals surface area contributed by atoms with Gasteiger partial charge in [-0.05, 0) is 55.5 Å². The fraction of sp³-hybridized carbons (Fsp3) is 0.360. The topological polar surface area (TPSA) is 59.1 Å². The lowest BCUT2D eigenvalue weighted by Crippen LogP contribution is -2.37. The highest BCUT2D eigenvalue weighted by atomic mass is 16.5. The van der Waals surface area contributed by atoms with Crippen molar-refractivity contribution < 1.29 is 19.1 Å². The molecule has 0 saturated carbocycles. The van der Waals surface area contributed by atoms with Gasteiger partial charge in [-0.3, -0.25) is 9.59 Å². The Kier molecular flexibility index (Phi) is 6.26. The first-order valence-corrected chi connectivity index (χ1v) is 10.9. The second-order valence-corrected chi connectivity index (χ2v) is 7.76. The Morgan fingerprint density at radius 2 is 1.61 bits per heavy atom. The van der Waals surface area contributed by atoms with Gasteiger partial charge in [-0.1, -0.05) is 31.2 Å². The van der Waals surface area contributed by atoms with Gasteiger partial charge in [0.15, 0.2) is 0 Å². The molecule has 2 aliphatic heterocycles. The van der Waals surface area contributed by atoms with E-state index in [0.717, 1.165) is 38.8 Å². The molecule has 0 aromatic heterocycles. The number of likely N-dealkylation sites (tertiary alicyclic amines) is 1. The molecule has 0 aliphatic carbocycles. The molecule has 4 rings (SSSR count). The third-order valence-corrected chi connectivity index (χ3v) is 5.68. The van der Waals surface area contributed by atoms with Gasteiger partial charge in [0.2, 0.25) is 0 Å². The minimum atomic E-state index is -0.316. The molecular formula is C25H28N2O4. The van der Waals surface area contributed by atoms with E-state index in [1.807, 2.05) is 43.3 Å². The smallest absolute Gasteiger partial charge is 0.282 e. The maximum absolute atomic E-state index is 13.7. The van der Waals surface area contributed by atoms with Gasteiger partial charge in [0.25, 0.3) is 11.8 Å². The molecule has 0 radical (unpaired) electrons. The van der Waals surface area contributed by atoms with E-state index in [-0.39, 0.29) is 11.8 Å². The van der Waals surface area contributed by atoms with Crippen molar-refractivity contribution in [3.05, 3.63) is 59.8 Å².